The Bertz CT molecular complexity index is 877. The lowest BCUT2D eigenvalue weighted by molar-refractivity contribution is 0.122. The van der Waals surface area contributed by atoms with E-state index in [4.69, 9.17) is 22.1 Å². The predicted molar refractivity (Wildman–Crippen MR) is 102 cm³/mol. The summed E-state index contributed by atoms with van der Waals surface area (Å²) in [6, 6.07) is 7.97. The fourth-order valence-electron chi connectivity index (χ4n) is 2.99. The molecule has 1 aliphatic heterocycles. The van der Waals surface area contributed by atoms with Gasteiger partial charge in [0.1, 0.15) is 6.33 Å². The minimum absolute atomic E-state index is 0. The minimum atomic E-state index is 0. The van der Waals surface area contributed by atoms with Crippen LogP contribution in [-0.4, -0.2) is 40.9 Å². The van der Waals surface area contributed by atoms with Crippen molar-refractivity contribution in [2.45, 2.75) is 6.54 Å². The van der Waals surface area contributed by atoms with Crippen molar-refractivity contribution in [2.24, 2.45) is 5.73 Å². The molecule has 0 amide bonds. The molecule has 0 saturated carbocycles. The molecule has 0 unspecified atom stereocenters. The first-order valence-electron chi connectivity index (χ1n) is 7.91. The molecule has 2 N–H and O–H groups in total. The number of benzene rings is 1. The molecule has 1 aromatic carbocycles. The van der Waals surface area contributed by atoms with E-state index < -0.39 is 0 Å². The van der Waals surface area contributed by atoms with Crippen LogP contribution in [0.1, 0.15) is 5.56 Å². The lowest BCUT2D eigenvalue weighted by atomic mass is 10.1. The summed E-state index contributed by atoms with van der Waals surface area (Å²) in [5.74, 6) is 0. The van der Waals surface area contributed by atoms with E-state index in [1.165, 1.54) is 0 Å². The van der Waals surface area contributed by atoms with Gasteiger partial charge in [-0.25, -0.2) is 9.50 Å². The van der Waals surface area contributed by atoms with Crippen LogP contribution in [0.2, 0.25) is 5.02 Å². The molecule has 3 aromatic rings. The highest BCUT2D eigenvalue weighted by molar-refractivity contribution is 6.31. The van der Waals surface area contributed by atoms with E-state index in [0.717, 1.165) is 54.3 Å². The average Bonchev–Trinajstić information content (AvgIpc) is 3.06. The molecule has 0 aliphatic carbocycles. The van der Waals surface area contributed by atoms with Crippen LogP contribution in [0.15, 0.2) is 36.8 Å². The van der Waals surface area contributed by atoms with Crippen LogP contribution in [0.4, 0.5) is 5.69 Å². The normalized spacial score (nSPS) is 14.6. The highest BCUT2D eigenvalue weighted by Gasteiger charge is 2.16. The third-order valence-electron chi connectivity index (χ3n) is 4.31. The maximum atomic E-state index is 6.31. The number of anilines is 1. The van der Waals surface area contributed by atoms with Gasteiger partial charge in [0.25, 0.3) is 0 Å². The molecule has 0 radical (unpaired) electrons. The molecular weight excluding hydrogens is 361 g/mol. The fraction of sp³-hybridized carbons (Fsp3) is 0.294. The molecule has 132 valence electrons. The third kappa shape index (κ3) is 3.43. The van der Waals surface area contributed by atoms with Crippen molar-refractivity contribution in [3.8, 4) is 11.3 Å². The number of hydrogen-bond donors (Lipinski definition) is 1. The predicted octanol–water partition coefficient (Wildman–Crippen LogP) is 2.77. The van der Waals surface area contributed by atoms with E-state index in [1.807, 2.05) is 28.9 Å². The number of ether oxygens (including phenoxy) is 1. The fourth-order valence-corrected chi connectivity index (χ4v) is 3.25. The number of halogens is 2. The van der Waals surface area contributed by atoms with Gasteiger partial charge in [-0.3, -0.25) is 0 Å². The second-order valence-electron chi connectivity index (χ2n) is 5.75. The molecule has 2 aromatic heterocycles. The summed E-state index contributed by atoms with van der Waals surface area (Å²) < 4.78 is 7.28. The van der Waals surface area contributed by atoms with Crippen molar-refractivity contribution in [1.29, 1.82) is 0 Å². The number of aromatic nitrogens is 3. The van der Waals surface area contributed by atoms with Gasteiger partial charge in [-0.1, -0.05) is 23.7 Å². The van der Waals surface area contributed by atoms with Crippen LogP contribution in [-0.2, 0) is 11.3 Å². The highest BCUT2D eigenvalue weighted by atomic mass is 35.5. The maximum absolute atomic E-state index is 6.31. The highest BCUT2D eigenvalue weighted by Crippen LogP contribution is 2.29. The molecule has 1 saturated heterocycles. The smallest absolute Gasteiger partial charge is 0.137 e. The van der Waals surface area contributed by atoms with Crippen molar-refractivity contribution in [3.63, 3.8) is 0 Å². The zero-order chi connectivity index (χ0) is 16.5. The molecular formula is C17H19Cl2N5O. The Morgan fingerprint density at radius 2 is 2.00 bits per heavy atom. The zero-order valence-electron chi connectivity index (χ0n) is 13.6. The van der Waals surface area contributed by atoms with Gasteiger partial charge >= 0.3 is 0 Å². The Morgan fingerprint density at radius 1 is 1.20 bits per heavy atom. The Kier molecular flexibility index (Phi) is 5.44. The molecule has 0 spiro atoms. The zero-order valence-corrected chi connectivity index (χ0v) is 15.1. The lowest BCUT2D eigenvalue weighted by Gasteiger charge is -2.27. The maximum Gasteiger partial charge on any atom is 0.137 e. The van der Waals surface area contributed by atoms with E-state index in [1.54, 1.807) is 6.33 Å². The topological polar surface area (TPSA) is 68.7 Å². The van der Waals surface area contributed by atoms with Gasteiger partial charge in [0, 0.05) is 30.2 Å². The summed E-state index contributed by atoms with van der Waals surface area (Å²) in [7, 11) is 0. The van der Waals surface area contributed by atoms with E-state index in [-0.39, 0.29) is 12.4 Å². The van der Waals surface area contributed by atoms with Gasteiger partial charge in [-0.2, -0.15) is 5.10 Å². The first-order chi connectivity index (χ1) is 11.8. The SMILES string of the molecule is Cl.NCc1ccc(-c2ncnn3cc(N4CCOCC4)cc23)cc1Cl. The monoisotopic (exact) mass is 379 g/mol. The Balaban J connectivity index is 0.00000182. The van der Waals surface area contributed by atoms with Gasteiger partial charge in [-0.05, 0) is 17.7 Å². The van der Waals surface area contributed by atoms with Crippen LogP contribution in [0, 0.1) is 0 Å². The van der Waals surface area contributed by atoms with Crippen molar-refractivity contribution in [2.75, 3.05) is 31.2 Å². The first-order valence-corrected chi connectivity index (χ1v) is 8.29. The van der Waals surface area contributed by atoms with Gasteiger partial charge in [0.2, 0.25) is 0 Å². The largest absolute Gasteiger partial charge is 0.378 e. The number of fused-ring (bicyclic) bond motifs is 1. The van der Waals surface area contributed by atoms with Gasteiger partial charge in [0.15, 0.2) is 0 Å². The number of rotatable bonds is 3. The van der Waals surface area contributed by atoms with Crippen molar-refractivity contribution in [1.82, 2.24) is 14.6 Å². The molecule has 3 heterocycles. The Morgan fingerprint density at radius 3 is 2.72 bits per heavy atom. The van der Waals surface area contributed by atoms with Crippen LogP contribution < -0.4 is 10.6 Å². The van der Waals surface area contributed by atoms with Gasteiger partial charge in [-0.15, -0.1) is 12.4 Å². The average molecular weight is 380 g/mol. The number of morpholine rings is 1. The molecule has 1 aliphatic rings. The van der Waals surface area contributed by atoms with Crippen molar-refractivity contribution >= 4 is 35.2 Å². The molecule has 6 nitrogen and oxygen atoms in total. The summed E-state index contributed by atoms with van der Waals surface area (Å²) >= 11 is 6.31. The summed E-state index contributed by atoms with van der Waals surface area (Å²) in [6.45, 7) is 3.69. The molecule has 4 rings (SSSR count). The Hall–Kier alpha value is -1.86. The molecule has 25 heavy (non-hydrogen) atoms. The third-order valence-corrected chi connectivity index (χ3v) is 4.67. The second-order valence-corrected chi connectivity index (χ2v) is 6.15. The lowest BCUT2D eigenvalue weighted by Crippen LogP contribution is -2.35. The van der Waals surface area contributed by atoms with Crippen LogP contribution in [0.3, 0.4) is 0 Å². The molecule has 8 heteroatoms. The van der Waals surface area contributed by atoms with E-state index in [2.05, 4.69) is 21.0 Å². The van der Waals surface area contributed by atoms with Crippen LogP contribution in [0.5, 0.6) is 0 Å². The van der Waals surface area contributed by atoms with Gasteiger partial charge in [0.05, 0.1) is 36.3 Å². The minimum Gasteiger partial charge on any atom is -0.378 e. The van der Waals surface area contributed by atoms with E-state index in [9.17, 15) is 0 Å². The number of nitrogens with two attached hydrogens (primary N) is 1. The van der Waals surface area contributed by atoms with Crippen molar-refractivity contribution in [3.05, 3.63) is 47.4 Å². The van der Waals surface area contributed by atoms with Crippen LogP contribution in [0.25, 0.3) is 16.8 Å². The summed E-state index contributed by atoms with van der Waals surface area (Å²) in [5.41, 5.74) is 10.5. The number of hydrogen-bond acceptors (Lipinski definition) is 5. The number of nitrogens with zero attached hydrogens (tertiary/aromatic N) is 4. The first kappa shape index (κ1) is 17.9. The van der Waals surface area contributed by atoms with E-state index >= 15 is 0 Å². The molecule has 1 fully saturated rings. The molecule has 0 atom stereocenters. The molecule has 0 bridgehead atoms. The van der Waals surface area contributed by atoms with Gasteiger partial charge < -0.3 is 15.4 Å². The quantitative estimate of drug-likeness (QED) is 0.757. The summed E-state index contributed by atoms with van der Waals surface area (Å²) in [6.07, 6.45) is 3.60. The summed E-state index contributed by atoms with van der Waals surface area (Å²) in [5, 5.41) is 4.99. The Labute approximate surface area is 157 Å². The standard InChI is InChI=1S/C17H18ClN5O.ClH/c18-15-7-12(1-2-13(15)9-19)17-16-8-14(10-23(16)21-11-20-17)22-3-5-24-6-4-22;/h1-2,7-8,10-11H,3-6,9,19H2;1H. The summed E-state index contributed by atoms with van der Waals surface area (Å²) in [4.78, 5) is 6.77. The second kappa shape index (κ2) is 7.58. The van der Waals surface area contributed by atoms with Crippen molar-refractivity contribution < 1.29 is 4.74 Å². The van der Waals surface area contributed by atoms with E-state index in [0.29, 0.717) is 11.6 Å². The van der Waals surface area contributed by atoms with Crippen LogP contribution >= 0.6 is 24.0 Å².